The van der Waals surface area contributed by atoms with Crippen molar-refractivity contribution in [2.24, 2.45) is 5.10 Å². The molecular formula is C23H21N3O4S. The van der Waals surface area contributed by atoms with Crippen molar-refractivity contribution < 1.29 is 19.1 Å². The first-order chi connectivity index (χ1) is 15.1. The van der Waals surface area contributed by atoms with Crippen LogP contribution in [0.3, 0.4) is 0 Å². The van der Waals surface area contributed by atoms with Gasteiger partial charge in [-0.05, 0) is 11.4 Å². The highest BCUT2D eigenvalue weighted by atomic mass is 32.1. The van der Waals surface area contributed by atoms with Gasteiger partial charge < -0.3 is 10.1 Å². The van der Waals surface area contributed by atoms with Crippen LogP contribution in [0.2, 0.25) is 0 Å². The molecule has 31 heavy (non-hydrogen) atoms. The molecule has 0 aliphatic carbocycles. The molecule has 0 aliphatic heterocycles. The van der Waals surface area contributed by atoms with Crippen molar-refractivity contribution in [3.8, 4) is 0 Å². The first-order valence-electron chi connectivity index (χ1n) is 9.58. The number of amides is 2. The van der Waals surface area contributed by atoms with Crippen LogP contribution in [0, 0.1) is 0 Å². The smallest absolute Gasteiger partial charge is 0.308 e. The van der Waals surface area contributed by atoms with Gasteiger partial charge >= 0.3 is 5.97 Å². The molecule has 0 bridgehead atoms. The molecule has 0 saturated heterocycles. The molecule has 158 valence electrons. The molecule has 1 aromatic heterocycles. The normalized spacial score (nSPS) is 10.1. The van der Waals surface area contributed by atoms with Gasteiger partial charge in [-0.2, -0.15) is 5.10 Å². The second-order valence-electron chi connectivity index (χ2n) is 6.37. The van der Waals surface area contributed by atoms with Crippen molar-refractivity contribution in [2.75, 3.05) is 13.2 Å². The largest absolute Gasteiger partial charge is 0.455 e. The molecule has 2 aromatic carbocycles. The summed E-state index contributed by atoms with van der Waals surface area (Å²) in [5.74, 6) is -1.39. The van der Waals surface area contributed by atoms with Crippen LogP contribution in [0.15, 0.2) is 83.3 Å². The number of carbonyl (C=O) groups excluding carboxylic acids is 3. The summed E-state index contributed by atoms with van der Waals surface area (Å²) in [6.07, 6.45) is -0.0348. The minimum Gasteiger partial charge on any atom is -0.455 e. The van der Waals surface area contributed by atoms with Gasteiger partial charge in [0, 0.05) is 17.7 Å². The topological polar surface area (TPSA) is 96.9 Å². The van der Waals surface area contributed by atoms with Gasteiger partial charge in [0.1, 0.15) is 0 Å². The predicted octanol–water partition coefficient (Wildman–Crippen LogP) is 2.98. The Bertz CT molecular complexity index is 994. The molecule has 0 fully saturated rings. The van der Waals surface area contributed by atoms with Gasteiger partial charge in [-0.25, -0.2) is 5.43 Å². The Balaban J connectivity index is 1.48. The van der Waals surface area contributed by atoms with Crippen LogP contribution in [-0.4, -0.2) is 36.6 Å². The number of ether oxygens (including phenoxy) is 1. The summed E-state index contributed by atoms with van der Waals surface area (Å²) in [7, 11) is 0. The number of nitrogens with zero attached hydrogens (tertiary/aromatic N) is 1. The van der Waals surface area contributed by atoms with Crippen LogP contribution in [0.25, 0.3) is 0 Å². The van der Waals surface area contributed by atoms with E-state index in [4.69, 9.17) is 4.74 Å². The summed E-state index contributed by atoms with van der Waals surface area (Å²) in [4.78, 5) is 36.3. The highest BCUT2D eigenvalue weighted by molar-refractivity contribution is 7.12. The fourth-order valence-electron chi connectivity index (χ4n) is 2.63. The van der Waals surface area contributed by atoms with Crippen LogP contribution in [0.5, 0.6) is 0 Å². The van der Waals surface area contributed by atoms with E-state index in [1.165, 1.54) is 11.3 Å². The number of hydrogen-bond acceptors (Lipinski definition) is 6. The van der Waals surface area contributed by atoms with E-state index in [0.29, 0.717) is 10.6 Å². The van der Waals surface area contributed by atoms with E-state index in [1.807, 2.05) is 60.7 Å². The van der Waals surface area contributed by atoms with Crippen LogP contribution >= 0.6 is 11.3 Å². The van der Waals surface area contributed by atoms with E-state index in [0.717, 1.165) is 11.1 Å². The SMILES string of the molecule is O=C(COC(=O)CCNC(=O)c1cccs1)NN=C(c1ccccc1)c1ccccc1. The van der Waals surface area contributed by atoms with E-state index in [1.54, 1.807) is 17.5 Å². The minimum absolute atomic E-state index is 0.0348. The van der Waals surface area contributed by atoms with Gasteiger partial charge in [-0.1, -0.05) is 66.7 Å². The number of rotatable bonds is 9. The van der Waals surface area contributed by atoms with Gasteiger partial charge in [-0.15, -0.1) is 11.3 Å². The lowest BCUT2D eigenvalue weighted by molar-refractivity contribution is -0.148. The van der Waals surface area contributed by atoms with Crippen molar-refractivity contribution in [2.45, 2.75) is 6.42 Å². The third-order valence-corrected chi connectivity index (χ3v) is 4.98. The lowest BCUT2D eigenvalue weighted by Gasteiger charge is -2.08. The molecule has 3 aromatic rings. The molecular weight excluding hydrogens is 414 g/mol. The van der Waals surface area contributed by atoms with Crippen LogP contribution in [0.4, 0.5) is 0 Å². The average molecular weight is 436 g/mol. The van der Waals surface area contributed by atoms with Crippen molar-refractivity contribution in [1.82, 2.24) is 10.7 Å². The molecule has 7 nitrogen and oxygen atoms in total. The number of hydrazone groups is 1. The second-order valence-corrected chi connectivity index (χ2v) is 7.32. The molecule has 0 saturated carbocycles. The molecule has 0 aliphatic rings. The zero-order valence-electron chi connectivity index (χ0n) is 16.6. The van der Waals surface area contributed by atoms with Crippen LogP contribution < -0.4 is 10.7 Å². The molecule has 0 spiro atoms. The van der Waals surface area contributed by atoms with Crippen molar-refractivity contribution in [3.05, 3.63) is 94.2 Å². The van der Waals surface area contributed by atoms with Gasteiger partial charge in [0.15, 0.2) is 6.61 Å². The first kappa shape index (κ1) is 21.9. The average Bonchev–Trinajstić information content (AvgIpc) is 3.34. The Morgan fingerprint density at radius 2 is 1.52 bits per heavy atom. The fourth-order valence-corrected chi connectivity index (χ4v) is 3.27. The second kappa shape index (κ2) is 11.4. The van der Waals surface area contributed by atoms with Crippen molar-refractivity contribution in [1.29, 1.82) is 0 Å². The lowest BCUT2D eigenvalue weighted by Crippen LogP contribution is -2.29. The van der Waals surface area contributed by atoms with Gasteiger partial charge in [-0.3, -0.25) is 14.4 Å². The molecule has 2 amide bonds. The molecule has 2 N–H and O–H groups in total. The molecule has 3 rings (SSSR count). The standard InChI is InChI=1S/C23H21N3O4S/c27-20(16-30-21(28)13-14-24-23(29)19-12-7-15-31-19)25-26-22(17-8-3-1-4-9-17)18-10-5-2-6-11-18/h1-12,15H,13-14,16H2,(H,24,29)(H,25,27). The van der Waals surface area contributed by atoms with Crippen LogP contribution in [-0.2, 0) is 14.3 Å². The number of hydrogen-bond donors (Lipinski definition) is 2. The zero-order valence-corrected chi connectivity index (χ0v) is 17.4. The molecule has 0 radical (unpaired) electrons. The summed E-state index contributed by atoms with van der Waals surface area (Å²) in [5.41, 5.74) is 4.71. The molecule has 0 unspecified atom stereocenters. The maximum atomic E-state index is 12.1. The highest BCUT2D eigenvalue weighted by Crippen LogP contribution is 2.10. The van der Waals surface area contributed by atoms with E-state index in [2.05, 4.69) is 15.8 Å². The Kier molecular flexibility index (Phi) is 8.07. The Morgan fingerprint density at radius 1 is 0.871 bits per heavy atom. The first-order valence-corrected chi connectivity index (χ1v) is 10.5. The quantitative estimate of drug-likeness (QED) is 0.307. The number of nitrogens with one attached hydrogen (secondary N) is 2. The van der Waals surface area contributed by atoms with E-state index >= 15 is 0 Å². The van der Waals surface area contributed by atoms with Gasteiger partial charge in [0.25, 0.3) is 11.8 Å². The maximum Gasteiger partial charge on any atom is 0.308 e. The van der Waals surface area contributed by atoms with Crippen LogP contribution in [0.1, 0.15) is 27.2 Å². The Hall–Kier alpha value is -3.78. The third kappa shape index (κ3) is 6.90. The molecule has 8 heteroatoms. The monoisotopic (exact) mass is 435 g/mol. The number of thiophene rings is 1. The zero-order chi connectivity index (χ0) is 21.9. The van der Waals surface area contributed by atoms with Crippen molar-refractivity contribution >= 4 is 34.8 Å². The number of benzene rings is 2. The lowest BCUT2D eigenvalue weighted by atomic mass is 10.0. The minimum atomic E-state index is -0.586. The van der Waals surface area contributed by atoms with Gasteiger partial charge in [0.05, 0.1) is 17.0 Å². The molecule has 1 heterocycles. The fraction of sp³-hybridized carbons (Fsp3) is 0.130. The summed E-state index contributed by atoms with van der Waals surface area (Å²) in [6.45, 7) is -0.334. The van der Waals surface area contributed by atoms with E-state index in [-0.39, 0.29) is 18.9 Å². The summed E-state index contributed by atoms with van der Waals surface area (Å²) in [6, 6.07) is 22.4. The summed E-state index contributed by atoms with van der Waals surface area (Å²) >= 11 is 1.31. The summed E-state index contributed by atoms with van der Waals surface area (Å²) < 4.78 is 4.95. The van der Waals surface area contributed by atoms with Crippen molar-refractivity contribution in [3.63, 3.8) is 0 Å². The predicted molar refractivity (Wildman–Crippen MR) is 119 cm³/mol. The van der Waals surface area contributed by atoms with Gasteiger partial charge in [0.2, 0.25) is 0 Å². The third-order valence-electron chi connectivity index (χ3n) is 4.11. The van der Waals surface area contributed by atoms with E-state index in [9.17, 15) is 14.4 Å². The number of esters is 1. The van der Waals surface area contributed by atoms with E-state index < -0.39 is 18.5 Å². The highest BCUT2D eigenvalue weighted by Gasteiger charge is 2.11. The maximum absolute atomic E-state index is 12.1. The Labute approximate surface area is 183 Å². The number of carbonyl (C=O) groups is 3. The molecule has 0 atom stereocenters. The Morgan fingerprint density at radius 3 is 2.10 bits per heavy atom. The summed E-state index contributed by atoms with van der Waals surface area (Å²) in [5, 5.41) is 8.65.